The zero-order valence-electron chi connectivity index (χ0n) is 53.4. The van der Waals surface area contributed by atoms with Crippen LogP contribution in [0.1, 0.15) is 278 Å². The summed E-state index contributed by atoms with van der Waals surface area (Å²) in [5.74, 6) is -1.07. The van der Waals surface area contributed by atoms with E-state index in [1.165, 1.54) is 103 Å². The fraction of sp³-hybridized carbons (Fsp3) is 0.597. The second-order valence-corrected chi connectivity index (χ2v) is 21.6. The van der Waals surface area contributed by atoms with Crippen LogP contribution in [0.2, 0.25) is 0 Å². The quantitative estimate of drug-likeness (QED) is 0.0261. The molecule has 0 amide bonds. The second-order valence-electron chi connectivity index (χ2n) is 21.6. The summed E-state index contributed by atoms with van der Waals surface area (Å²) >= 11 is 0. The molecule has 0 saturated carbocycles. The van der Waals surface area contributed by atoms with Crippen LogP contribution >= 0.6 is 0 Å². The molecule has 0 aromatic carbocycles. The maximum Gasteiger partial charge on any atom is 0.309 e. The Labute approximate surface area is 511 Å². The molecule has 0 fully saturated rings. The molecule has 6 heteroatoms. The smallest absolute Gasteiger partial charge is 0.309 e. The Morgan fingerprint density at radius 3 is 0.843 bits per heavy atom. The predicted molar refractivity (Wildman–Crippen MR) is 361 cm³/mol. The van der Waals surface area contributed by atoms with E-state index >= 15 is 0 Å². The number of carbonyl (C=O) groups excluding carboxylic acids is 3. The molecule has 83 heavy (non-hydrogen) atoms. The van der Waals surface area contributed by atoms with Gasteiger partial charge in [-0.3, -0.25) is 14.4 Å². The third-order valence-corrected chi connectivity index (χ3v) is 13.7. The van der Waals surface area contributed by atoms with E-state index in [0.29, 0.717) is 12.8 Å². The number of rotatable bonds is 59. The average Bonchev–Trinajstić information content (AvgIpc) is 3.49. The van der Waals surface area contributed by atoms with Crippen molar-refractivity contribution < 1.29 is 28.6 Å². The number of unbranched alkanes of at least 4 members (excludes halogenated alkanes) is 21. The Morgan fingerprint density at radius 1 is 0.265 bits per heavy atom. The van der Waals surface area contributed by atoms with Crippen LogP contribution in [0, 0.1) is 0 Å². The van der Waals surface area contributed by atoms with Gasteiger partial charge in [0.25, 0.3) is 0 Å². The molecule has 1 unspecified atom stereocenters. The number of hydrogen-bond acceptors (Lipinski definition) is 6. The monoisotopic (exact) mass is 1140 g/mol. The summed E-state index contributed by atoms with van der Waals surface area (Å²) in [5.41, 5.74) is 0. The Balaban J connectivity index is 4.47. The molecule has 6 nitrogen and oxygen atoms in total. The Hall–Kier alpha value is -5.23. The lowest BCUT2D eigenvalue weighted by atomic mass is 10.1. The molecule has 0 radical (unpaired) electrons. The van der Waals surface area contributed by atoms with Gasteiger partial charge in [0, 0.05) is 12.8 Å². The summed E-state index contributed by atoms with van der Waals surface area (Å²) in [6.45, 7) is 6.30. The van der Waals surface area contributed by atoms with Gasteiger partial charge in [0.1, 0.15) is 13.2 Å². The second kappa shape index (κ2) is 69.3. The number of carbonyl (C=O) groups is 3. The molecular formula is C77H122O6. The van der Waals surface area contributed by atoms with Crippen LogP contribution in [0.15, 0.2) is 170 Å². The lowest BCUT2D eigenvalue weighted by molar-refractivity contribution is -0.166. The minimum absolute atomic E-state index is 0.116. The summed E-state index contributed by atoms with van der Waals surface area (Å²) in [5, 5.41) is 0. The van der Waals surface area contributed by atoms with E-state index in [9.17, 15) is 14.4 Å². The molecule has 0 rings (SSSR count). The fourth-order valence-electron chi connectivity index (χ4n) is 8.76. The van der Waals surface area contributed by atoms with Gasteiger partial charge in [-0.2, -0.15) is 0 Å². The summed E-state index contributed by atoms with van der Waals surface area (Å²) in [6.07, 6.45) is 102. The first-order valence-corrected chi connectivity index (χ1v) is 33.6. The molecule has 466 valence electrons. The van der Waals surface area contributed by atoms with E-state index in [1.807, 2.05) is 6.08 Å². The maximum atomic E-state index is 12.9. The first-order chi connectivity index (χ1) is 41.0. The molecule has 0 spiro atoms. The fourth-order valence-corrected chi connectivity index (χ4v) is 8.76. The maximum absolute atomic E-state index is 12.9. The topological polar surface area (TPSA) is 78.9 Å². The number of allylic oxidation sites excluding steroid dienone is 27. The molecule has 0 N–H and O–H groups in total. The number of ether oxygens (including phenoxy) is 3. The molecule has 0 heterocycles. The average molecular weight is 1140 g/mol. The Morgan fingerprint density at radius 2 is 0.518 bits per heavy atom. The largest absolute Gasteiger partial charge is 0.462 e. The first kappa shape index (κ1) is 77.8. The van der Waals surface area contributed by atoms with Crippen LogP contribution in [0.4, 0.5) is 0 Å². The predicted octanol–water partition coefficient (Wildman–Crippen LogP) is 23.4. The van der Waals surface area contributed by atoms with Crippen molar-refractivity contribution in [3.05, 3.63) is 170 Å². The normalized spacial score (nSPS) is 13.2. The van der Waals surface area contributed by atoms with Crippen LogP contribution in [-0.4, -0.2) is 37.2 Å². The minimum atomic E-state index is -0.837. The van der Waals surface area contributed by atoms with Gasteiger partial charge in [-0.25, -0.2) is 0 Å². The Kier molecular flexibility index (Phi) is 64.9. The van der Waals surface area contributed by atoms with Crippen molar-refractivity contribution in [3.63, 3.8) is 0 Å². The van der Waals surface area contributed by atoms with Crippen LogP contribution in [0.5, 0.6) is 0 Å². The van der Waals surface area contributed by atoms with Gasteiger partial charge >= 0.3 is 17.9 Å². The van der Waals surface area contributed by atoms with Crippen LogP contribution in [0.25, 0.3) is 0 Å². The molecule has 0 bridgehead atoms. The Bertz CT molecular complexity index is 1890. The highest BCUT2D eigenvalue weighted by molar-refractivity contribution is 5.72. The van der Waals surface area contributed by atoms with Crippen molar-refractivity contribution in [1.82, 2.24) is 0 Å². The van der Waals surface area contributed by atoms with Gasteiger partial charge in [-0.15, -0.1) is 0 Å². The van der Waals surface area contributed by atoms with E-state index in [1.54, 1.807) is 6.08 Å². The van der Waals surface area contributed by atoms with Gasteiger partial charge in [0.15, 0.2) is 6.10 Å². The SMILES string of the molecule is CC/C=C\C/C=C\C/C=C\C/C=C\C/C=C\C/C=C\CCCCCCCCCCC(=O)OCC(COC(=O)C/C=C\C/C=C\C/C=C\C/C=C\C/C=C\CC)OC(=O)CCCCCCCCCC/C=C\C/C=C\C/C=C\CCCCCCC. The van der Waals surface area contributed by atoms with Crippen LogP contribution in [0.3, 0.4) is 0 Å². The van der Waals surface area contributed by atoms with Gasteiger partial charge in [0.05, 0.1) is 6.42 Å². The molecule has 0 saturated heterocycles. The number of hydrogen-bond donors (Lipinski definition) is 0. The molecule has 0 aliphatic heterocycles. The molecule has 1 atom stereocenters. The summed E-state index contributed by atoms with van der Waals surface area (Å²) < 4.78 is 16.8. The zero-order chi connectivity index (χ0) is 59.9. The van der Waals surface area contributed by atoms with Crippen molar-refractivity contribution >= 4 is 17.9 Å². The van der Waals surface area contributed by atoms with Crippen molar-refractivity contribution in [2.75, 3.05) is 13.2 Å². The van der Waals surface area contributed by atoms with Crippen molar-refractivity contribution in [3.8, 4) is 0 Å². The van der Waals surface area contributed by atoms with Gasteiger partial charge in [0.2, 0.25) is 0 Å². The highest BCUT2D eigenvalue weighted by Gasteiger charge is 2.19. The lowest BCUT2D eigenvalue weighted by Gasteiger charge is -2.18. The zero-order valence-corrected chi connectivity index (χ0v) is 53.4. The van der Waals surface area contributed by atoms with E-state index < -0.39 is 12.1 Å². The van der Waals surface area contributed by atoms with Crippen molar-refractivity contribution in [1.29, 1.82) is 0 Å². The summed E-state index contributed by atoms with van der Waals surface area (Å²) in [7, 11) is 0. The van der Waals surface area contributed by atoms with Crippen molar-refractivity contribution in [2.24, 2.45) is 0 Å². The van der Waals surface area contributed by atoms with Crippen LogP contribution in [-0.2, 0) is 28.6 Å². The minimum Gasteiger partial charge on any atom is -0.462 e. The third kappa shape index (κ3) is 67.4. The third-order valence-electron chi connectivity index (χ3n) is 13.7. The number of esters is 3. The first-order valence-electron chi connectivity index (χ1n) is 33.6. The summed E-state index contributed by atoms with van der Waals surface area (Å²) in [6, 6.07) is 0. The van der Waals surface area contributed by atoms with E-state index in [0.717, 1.165) is 135 Å². The van der Waals surface area contributed by atoms with E-state index in [4.69, 9.17) is 14.2 Å². The van der Waals surface area contributed by atoms with Crippen LogP contribution < -0.4 is 0 Å². The highest BCUT2D eigenvalue weighted by Crippen LogP contribution is 2.15. The van der Waals surface area contributed by atoms with E-state index in [-0.39, 0.29) is 31.6 Å². The molecular weight excluding hydrogens is 1020 g/mol. The van der Waals surface area contributed by atoms with E-state index in [2.05, 4.69) is 179 Å². The molecule has 0 aliphatic rings. The van der Waals surface area contributed by atoms with Gasteiger partial charge < -0.3 is 14.2 Å². The molecule has 0 aromatic rings. The summed E-state index contributed by atoms with van der Waals surface area (Å²) in [4.78, 5) is 38.3. The highest BCUT2D eigenvalue weighted by atomic mass is 16.6. The van der Waals surface area contributed by atoms with Gasteiger partial charge in [-0.05, 0) is 135 Å². The molecule has 0 aliphatic carbocycles. The lowest BCUT2D eigenvalue weighted by Crippen LogP contribution is -2.30. The van der Waals surface area contributed by atoms with Gasteiger partial charge in [-0.1, -0.05) is 294 Å². The van der Waals surface area contributed by atoms with Crippen molar-refractivity contribution in [2.45, 2.75) is 284 Å². The molecule has 0 aromatic heterocycles. The standard InChI is InChI=1S/C77H122O6/c1-4-7-10-13-16-19-22-25-28-30-32-34-36-37-38-39-41-42-44-46-49-52-55-58-61-64-67-70-76(79)82-73-74(72-81-75(78)69-66-63-60-57-54-51-48-27-24-21-18-15-12-9-6-3)83-77(80)71-68-65-62-59-56-53-50-47-45-43-40-35-33-31-29-26-23-20-17-14-11-8-5-2/h7,9-10,12,16,18-19,21,23,25-28,31-34,37-38,40-43,48,54,57,63,66,74H,4-6,8,11,13-15,17,20,22,24,29-30,35-36,39,44-47,49-53,55-56,58-62,64-65,67-73H2,1-3H3/b10-7-,12-9-,19-16-,21-18-,26-23-,28-25-,33-31-,34-32-,38-37-,42-41-,43-40-,48-27-,57-54-,66-63-.